The fraction of sp³-hybridized carbons (Fsp3) is 0.233. The van der Waals surface area contributed by atoms with Crippen LogP contribution in [0.2, 0.25) is 5.02 Å². The Morgan fingerprint density at radius 3 is 2.58 bits per heavy atom. The summed E-state index contributed by atoms with van der Waals surface area (Å²) < 4.78 is 30.7. The van der Waals surface area contributed by atoms with E-state index in [1.54, 1.807) is 30.5 Å². The Morgan fingerprint density at radius 1 is 1.10 bits per heavy atom. The van der Waals surface area contributed by atoms with E-state index in [1.165, 1.54) is 16.4 Å². The lowest BCUT2D eigenvalue weighted by Gasteiger charge is -2.35. The van der Waals surface area contributed by atoms with Gasteiger partial charge in [0.15, 0.2) is 0 Å². The maximum absolute atomic E-state index is 13.7. The van der Waals surface area contributed by atoms with Crippen LogP contribution in [0, 0.1) is 18.3 Å². The highest BCUT2D eigenvalue weighted by molar-refractivity contribution is 7.89. The maximum Gasteiger partial charge on any atom is 0.244 e. The number of hydrogen-bond donors (Lipinski definition) is 1. The average Bonchev–Trinajstić information content (AvgIpc) is 3.31. The van der Waals surface area contributed by atoms with Crippen LogP contribution in [0.25, 0.3) is 0 Å². The number of imidazole rings is 1. The van der Waals surface area contributed by atoms with Gasteiger partial charge in [0.05, 0.1) is 16.5 Å². The zero-order valence-electron chi connectivity index (χ0n) is 21.9. The molecule has 0 aliphatic carbocycles. The second kappa shape index (κ2) is 11.6. The molecule has 0 unspecified atom stereocenters. The Kier molecular flexibility index (Phi) is 8.03. The standard InChI is InChI=1S/C30H28ClN5O3S/c1-21-34-18-27(35(21)19-23-11-9-22(17-32)10-12-23)13-14-33-30(37)29-15-24-5-2-3-6-25(24)20-36(29)40(38,39)28-8-4-7-26(31)16-28/h2-12,16,18,29H,13-15,19-20H2,1H3,(H,33,37)/t29-/m0/s1. The van der Waals surface area contributed by atoms with Crippen molar-refractivity contribution in [3.63, 3.8) is 0 Å². The Balaban J connectivity index is 1.32. The predicted molar refractivity (Wildman–Crippen MR) is 152 cm³/mol. The number of nitrogens with zero attached hydrogens (tertiary/aromatic N) is 4. The number of fused-ring (bicyclic) bond motifs is 1. The average molecular weight is 574 g/mol. The highest BCUT2D eigenvalue weighted by atomic mass is 35.5. The van der Waals surface area contributed by atoms with Gasteiger partial charge >= 0.3 is 0 Å². The zero-order valence-corrected chi connectivity index (χ0v) is 23.5. The minimum atomic E-state index is -3.99. The van der Waals surface area contributed by atoms with Crippen LogP contribution in [0.3, 0.4) is 0 Å². The second-order valence-corrected chi connectivity index (χ2v) is 12.1. The van der Waals surface area contributed by atoms with Crippen molar-refractivity contribution < 1.29 is 13.2 Å². The largest absolute Gasteiger partial charge is 0.354 e. The normalized spacial score (nSPS) is 15.3. The Bertz CT molecular complexity index is 1690. The smallest absolute Gasteiger partial charge is 0.244 e. The molecule has 2 heterocycles. The fourth-order valence-electron chi connectivity index (χ4n) is 4.97. The number of halogens is 1. The van der Waals surface area contributed by atoms with Crippen molar-refractivity contribution in [2.75, 3.05) is 6.54 Å². The molecule has 8 nitrogen and oxygen atoms in total. The molecule has 3 aromatic carbocycles. The molecule has 1 aliphatic heterocycles. The Labute approximate surface area is 238 Å². The van der Waals surface area contributed by atoms with E-state index >= 15 is 0 Å². The molecule has 204 valence electrons. The summed E-state index contributed by atoms with van der Waals surface area (Å²) in [5.74, 6) is 0.489. The summed E-state index contributed by atoms with van der Waals surface area (Å²) in [5, 5.41) is 12.3. The zero-order chi connectivity index (χ0) is 28.3. The molecular formula is C30H28ClN5O3S. The first-order valence-corrected chi connectivity index (χ1v) is 14.7. The number of carbonyl (C=O) groups excluding carboxylic acids is 1. The van der Waals surface area contributed by atoms with E-state index in [-0.39, 0.29) is 23.8 Å². The third kappa shape index (κ3) is 5.80. The molecule has 0 radical (unpaired) electrons. The summed E-state index contributed by atoms with van der Waals surface area (Å²) in [6, 6.07) is 22.3. The van der Waals surface area contributed by atoms with Gasteiger partial charge in [-0.3, -0.25) is 4.79 Å². The number of rotatable bonds is 8. The van der Waals surface area contributed by atoms with Crippen LogP contribution in [0.1, 0.15) is 33.8 Å². The van der Waals surface area contributed by atoms with Crippen LogP contribution >= 0.6 is 11.6 Å². The van der Waals surface area contributed by atoms with Gasteiger partial charge in [0.1, 0.15) is 11.9 Å². The number of hydrogen-bond acceptors (Lipinski definition) is 5. The lowest BCUT2D eigenvalue weighted by molar-refractivity contribution is -0.125. The first-order chi connectivity index (χ1) is 19.3. The summed E-state index contributed by atoms with van der Waals surface area (Å²) in [7, 11) is -3.99. The minimum absolute atomic E-state index is 0.0550. The van der Waals surface area contributed by atoms with Crippen LogP contribution in [0.5, 0.6) is 0 Å². The van der Waals surface area contributed by atoms with E-state index in [1.807, 2.05) is 43.3 Å². The Hall–Kier alpha value is -3.97. The van der Waals surface area contributed by atoms with Crippen molar-refractivity contribution in [2.24, 2.45) is 0 Å². The molecule has 40 heavy (non-hydrogen) atoms. The van der Waals surface area contributed by atoms with Gasteiger partial charge in [-0.25, -0.2) is 13.4 Å². The summed E-state index contributed by atoms with van der Waals surface area (Å²) in [6.07, 6.45) is 2.59. The van der Waals surface area contributed by atoms with Gasteiger partial charge in [-0.05, 0) is 60.4 Å². The van der Waals surface area contributed by atoms with Crippen molar-refractivity contribution in [2.45, 2.75) is 43.8 Å². The molecule has 0 saturated carbocycles. The van der Waals surface area contributed by atoms with Gasteiger partial charge in [0.25, 0.3) is 0 Å². The van der Waals surface area contributed by atoms with Crippen molar-refractivity contribution in [1.29, 1.82) is 5.26 Å². The third-order valence-corrected chi connectivity index (χ3v) is 9.24. The molecule has 0 bridgehead atoms. The molecule has 1 atom stereocenters. The van der Waals surface area contributed by atoms with Crippen molar-refractivity contribution in [3.05, 3.63) is 118 Å². The number of aromatic nitrogens is 2. The predicted octanol–water partition coefficient (Wildman–Crippen LogP) is 4.24. The van der Waals surface area contributed by atoms with Crippen molar-refractivity contribution in [3.8, 4) is 6.07 Å². The molecule has 0 saturated heterocycles. The summed E-state index contributed by atoms with van der Waals surface area (Å²) in [4.78, 5) is 18.0. The molecule has 0 spiro atoms. The van der Waals surface area contributed by atoms with Gasteiger partial charge in [-0.1, -0.05) is 54.1 Å². The van der Waals surface area contributed by atoms with Crippen LogP contribution in [-0.2, 0) is 40.7 Å². The Morgan fingerprint density at radius 2 is 1.85 bits per heavy atom. The number of benzene rings is 3. The molecule has 5 rings (SSSR count). The molecule has 1 aromatic heterocycles. The molecular weight excluding hydrogens is 546 g/mol. The van der Waals surface area contributed by atoms with E-state index in [2.05, 4.69) is 20.9 Å². The monoisotopic (exact) mass is 573 g/mol. The van der Waals surface area contributed by atoms with E-state index in [0.717, 1.165) is 28.2 Å². The van der Waals surface area contributed by atoms with Crippen LogP contribution in [-0.4, -0.2) is 40.8 Å². The molecule has 1 aliphatic rings. The van der Waals surface area contributed by atoms with Gasteiger partial charge in [0.2, 0.25) is 15.9 Å². The van der Waals surface area contributed by atoms with Gasteiger partial charge in [0, 0.05) is 43.0 Å². The van der Waals surface area contributed by atoms with E-state index in [9.17, 15) is 13.2 Å². The van der Waals surface area contributed by atoms with Gasteiger partial charge in [-0.2, -0.15) is 9.57 Å². The fourth-order valence-corrected chi connectivity index (χ4v) is 6.83. The molecule has 1 amide bonds. The van der Waals surface area contributed by atoms with Crippen molar-refractivity contribution in [1.82, 2.24) is 19.2 Å². The maximum atomic E-state index is 13.7. The van der Waals surface area contributed by atoms with Crippen LogP contribution < -0.4 is 5.32 Å². The second-order valence-electron chi connectivity index (χ2n) is 9.73. The van der Waals surface area contributed by atoms with E-state index < -0.39 is 16.1 Å². The number of aryl methyl sites for hydroxylation is 1. The number of amides is 1. The summed E-state index contributed by atoms with van der Waals surface area (Å²) in [5.41, 5.74) is 4.41. The number of nitrogens with one attached hydrogen (secondary N) is 1. The molecule has 4 aromatic rings. The minimum Gasteiger partial charge on any atom is -0.354 e. The SMILES string of the molecule is Cc1ncc(CCNC(=O)[C@@H]2Cc3ccccc3CN2S(=O)(=O)c2cccc(Cl)c2)n1Cc1ccc(C#N)cc1. The summed E-state index contributed by atoms with van der Waals surface area (Å²) >= 11 is 6.09. The lowest BCUT2D eigenvalue weighted by atomic mass is 9.95. The topological polar surface area (TPSA) is 108 Å². The molecule has 1 N–H and O–H groups in total. The van der Waals surface area contributed by atoms with Crippen LogP contribution in [0.4, 0.5) is 0 Å². The van der Waals surface area contributed by atoms with Gasteiger partial charge < -0.3 is 9.88 Å². The third-order valence-electron chi connectivity index (χ3n) is 7.15. The van der Waals surface area contributed by atoms with Crippen LogP contribution in [0.15, 0.2) is 83.9 Å². The van der Waals surface area contributed by atoms with Crippen molar-refractivity contribution >= 4 is 27.5 Å². The van der Waals surface area contributed by atoms with E-state index in [0.29, 0.717) is 30.1 Å². The first kappa shape index (κ1) is 27.6. The number of carbonyl (C=O) groups is 1. The highest BCUT2D eigenvalue weighted by Gasteiger charge is 2.39. The lowest BCUT2D eigenvalue weighted by Crippen LogP contribution is -2.52. The molecule has 10 heteroatoms. The first-order valence-electron chi connectivity index (χ1n) is 12.9. The number of nitriles is 1. The number of sulfonamides is 1. The van der Waals surface area contributed by atoms with E-state index in [4.69, 9.17) is 16.9 Å². The highest BCUT2D eigenvalue weighted by Crippen LogP contribution is 2.30. The molecule has 0 fully saturated rings. The quantitative estimate of drug-likeness (QED) is 0.339. The van der Waals surface area contributed by atoms with Gasteiger partial charge in [-0.15, -0.1) is 0 Å². The summed E-state index contributed by atoms with van der Waals surface area (Å²) in [6.45, 7) is 2.93.